The van der Waals surface area contributed by atoms with E-state index in [-0.39, 0.29) is 12.5 Å². The highest BCUT2D eigenvalue weighted by molar-refractivity contribution is 5.90. The number of rotatable bonds is 2. The first kappa shape index (κ1) is 19.2. The largest absolute Gasteiger partial charge is 0.480 e. The van der Waals surface area contributed by atoms with E-state index in [0.29, 0.717) is 25.8 Å². The van der Waals surface area contributed by atoms with Gasteiger partial charge in [0.05, 0.1) is 6.54 Å². The molecule has 1 N–H and O–H groups in total. The van der Waals surface area contributed by atoms with Gasteiger partial charge in [0.25, 0.3) is 0 Å². The molecule has 2 atom stereocenters. The van der Waals surface area contributed by atoms with Crippen LogP contribution in [0.4, 0.5) is 4.79 Å². The van der Waals surface area contributed by atoms with Gasteiger partial charge in [-0.05, 0) is 44.7 Å². The topological polar surface area (TPSA) is 87.2 Å². The molecule has 0 bridgehead atoms. The number of carbonyl (C=O) groups excluding carboxylic acids is 2. The summed E-state index contributed by atoms with van der Waals surface area (Å²) in [4.78, 5) is 40.3. The molecule has 27 heavy (non-hydrogen) atoms. The molecule has 146 valence electrons. The number of ether oxygens (including phenoxy) is 1. The third-order valence-corrected chi connectivity index (χ3v) is 4.98. The molecular weight excluding hydrogens is 348 g/mol. The number of aliphatic carboxylic acids is 1. The SMILES string of the molecule is CC(C)(C)OC(=O)N1Cc2ccccc2C[C@H]1C(=O)N1CCC[C@H]1C(=O)O. The van der Waals surface area contributed by atoms with Gasteiger partial charge in [0, 0.05) is 13.0 Å². The van der Waals surface area contributed by atoms with Crippen LogP contribution in [0.15, 0.2) is 24.3 Å². The first-order chi connectivity index (χ1) is 12.7. The minimum atomic E-state index is -0.999. The number of nitrogens with zero attached hydrogens (tertiary/aromatic N) is 2. The van der Waals surface area contributed by atoms with Crippen molar-refractivity contribution in [1.29, 1.82) is 0 Å². The monoisotopic (exact) mass is 374 g/mol. The summed E-state index contributed by atoms with van der Waals surface area (Å²) in [5.41, 5.74) is 1.30. The fourth-order valence-electron chi connectivity index (χ4n) is 3.73. The van der Waals surface area contributed by atoms with Crippen LogP contribution in [-0.4, -0.2) is 57.1 Å². The molecule has 7 heteroatoms. The highest BCUT2D eigenvalue weighted by Gasteiger charge is 2.43. The first-order valence-corrected chi connectivity index (χ1v) is 9.27. The maximum absolute atomic E-state index is 13.2. The molecule has 0 aromatic heterocycles. The van der Waals surface area contributed by atoms with E-state index in [1.165, 1.54) is 9.80 Å². The van der Waals surface area contributed by atoms with E-state index in [9.17, 15) is 19.5 Å². The summed E-state index contributed by atoms with van der Waals surface area (Å²) in [5, 5.41) is 9.42. The molecule has 1 aromatic carbocycles. The van der Waals surface area contributed by atoms with E-state index >= 15 is 0 Å². The highest BCUT2D eigenvalue weighted by Crippen LogP contribution is 2.28. The van der Waals surface area contributed by atoms with E-state index in [0.717, 1.165) is 11.1 Å². The van der Waals surface area contributed by atoms with Crippen LogP contribution in [0.1, 0.15) is 44.7 Å². The summed E-state index contributed by atoms with van der Waals surface area (Å²) < 4.78 is 5.51. The van der Waals surface area contributed by atoms with Crippen molar-refractivity contribution < 1.29 is 24.2 Å². The quantitative estimate of drug-likeness (QED) is 0.859. The zero-order valence-electron chi connectivity index (χ0n) is 16.0. The maximum Gasteiger partial charge on any atom is 0.411 e. The lowest BCUT2D eigenvalue weighted by Crippen LogP contribution is -2.56. The molecule has 7 nitrogen and oxygen atoms in total. The lowest BCUT2D eigenvalue weighted by molar-refractivity contribution is -0.150. The van der Waals surface area contributed by atoms with Gasteiger partial charge in [0.2, 0.25) is 5.91 Å². The second kappa shape index (κ2) is 7.21. The van der Waals surface area contributed by atoms with Crippen molar-refractivity contribution in [3.05, 3.63) is 35.4 Å². The van der Waals surface area contributed by atoms with Gasteiger partial charge in [-0.15, -0.1) is 0 Å². The summed E-state index contributed by atoms with van der Waals surface area (Å²) in [6, 6.07) is 6.10. The molecule has 2 amide bonds. The Balaban J connectivity index is 1.90. The molecule has 2 aliphatic rings. The fraction of sp³-hybridized carbons (Fsp3) is 0.550. The highest BCUT2D eigenvalue weighted by atomic mass is 16.6. The third-order valence-electron chi connectivity index (χ3n) is 4.98. The van der Waals surface area contributed by atoms with Crippen molar-refractivity contribution >= 4 is 18.0 Å². The van der Waals surface area contributed by atoms with Crippen molar-refractivity contribution in [2.45, 2.75) is 64.3 Å². The number of carbonyl (C=O) groups is 3. The number of carboxylic acid groups (broad SMARTS) is 1. The summed E-state index contributed by atoms with van der Waals surface area (Å²) in [6.07, 6.45) is 0.897. The van der Waals surface area contributed by atoms with Gasteiger partial charge in [0.1, 0.15) is 17.7 Å². The molecule has 0 radical (unpaired) electrons. The van der Waals surface area contributed by atoms with E-state index in [1.807, 2.05) is 24.3 Å². The van der Waals surface area contributed by atoms with E-state index in [4.69, 9.17) is 4.74 Å². The molecule has 1 fully saturated rings. The van der Waals surface area contributed by atoms with Crippen LogP contribution in [0.3, 0.4) is 0 Å². The van der Waals surface area contributed by atoms with E-state index in [1.54, 1.807) is 20.8 Å². The number of fused-ring (bicyclic) bond motifs is 1. The van der Waals surface area contributed by atoms with Crippen molar-refractivity contribution in [2.75, 3.05) is 6.54 Å². The minimum Gasteiger partial charge on any atom is -0.480 e. The zero-order chi connectivity index (χ0) is 19.8. The smallest absolute Gasteiger partial charge is 0.411 e. The Morgan fingerprint density at radius 1 is 1.07 bits per heavy atom. The molecule has 2 heterocycles. The Kier molecular flexibility index (Phi) is 5.13. The molecule has 1 saturated heterocycles. The third kappa shape index (κ3) is 4.07. The zero-order valence-corrected chi connectivity index (χ0v) is 16.0. The number of hydrogen-bond acceptors (Lipinski definition) is 4. The fourth-order valence-corrected chi connectivity index (χ4v) is 3.73. The average Bonchev–Trinajstić information content (AvgIpc) is 3.08. The molecule has 1 aromatic rings. The normalized spacial score (nSPS) is 22.3. The number of hydrogen-bond donors (Lipinski definition) is 1. The molecule has 0 unspecified atom stereocenters. The molecular formula is C20H26N2O5. The average molecular weight is 374 g/mol. The van der Waals surface area contributed by atoms with Crippen LogP contribution in [0.2, 0.25) is 0 Å². The van der Waals surface area contributed by atoms with Crippen molar-refractivity contribution in [3.8, 4) is 0 Å². The van der Waals surface area contributed by atoms with Gasteiger partial charge in [-0.1, -0.05) is 24.3 Å². The second-order valence-corrected chi connectivity index (χ2v) is 8.12. The predicted molar refractivity (Wildman–Crippen MR) is 98.1 cm³/mol. The number of amides is 2. The van der Waals surface area contributed by atoms with Crippen LogP contribution in [-0.2, 0) is 27.3 Å². The summed E-state index contributed by atoms with van der Waals surface area (Å²) >= 11 is 0. The van der Waals surface area contributed by atoms with Crippen LogP contribution in [0, 0.1) is 0 Å². The Bertz CT molecular complexity index is 755. The van der Waals surface area contributed by atoms with Gasteiger partial charge in [-0.25, -0.2) is 9.59 Å². The lowest BCUT2D eigenvalue weighted by Gasteiger charge is -2.39. The summed E-state index contributed by atoms with van der Waals surface area (Å²) in [7, 11) is 0. The second-order valence-electron chi connectivity index (χ2n) is 8.12. The lowest BCUT2D eigenvalue weighted by atomic mass is 9.93. The predicted octanol–water partition coefficient (Wildman–Crippen LogP) is 2.42. The minimum absolute atomic E-state index is 0.271. The van der Waals surface area contributed by atoms with Crippen molar-refractivity contribution in [2.24, 2.45) is 0 Å². The maximum atomic E-state index is 13.2. The van der Waals surface area contributed by atoms with Gasteiger partial charge < -0.3 is 14.7 Å². The van der Waals surface area contributed by atoms with Crippen LogP contribution in [0.25, 0.3) is 0 Å². The summed E-state index contributed by atoms with van der Waals surface area (Å²) in [6.45, 7) is 6.00. The van der Waals surface area contributed by atoms with Crippen molar-refractivity contribution in [1.82, 2.24) is 9.80 Å². The Morgan fingerprint density at radius 2 is 1.74 bits per heavy atom. The Morgan fingerprint density at radius 3 is 2.37 bits per heavy atom. The van der Waals surface area contributed by atoms with Gasteiger partial charge in [0.15, 0.2) is 0 Å². The summed E-state index contributed by atoms with van der Waals surface area (Å²) in [5.74, 6) is -1.32. The number of benzene rings is 1. The standard InChI is InChI=1S/C20H26N2O5/c1-20(2,3)27-19(26)22-12-14-8-5-4-7-13(14)11-16(22)17(23)21-10-6-9-15(21)18(24)25/h4-5,7-8,15-16H,6,9-12H2,1-3H3,(H,24,25)/t15-,16-/m0/s1. The number of likely N-dealkylation sites (tertiary alicyclic amines) is 1. The van der Waals surface area contributed by atoms with E-state index in [2.05, 4.69) is 0 Å². The van der Waals surface area contributed by atoms with Gasteiger partial charge in [-0.2, -0.15) is 0 Å². The van der Waals surface area contributed by atoms with Crippen molar-refractivity contribution in [3.63, 3.8) is 0 Å². The Hall–Kier alpha value is -2.57. The van der Waals surface area contributed by atoms with Crippen LogP contribution < -0.4 is 0 Å². The van der Waals surface area contributed by atoms with Crippen LogP contribution >= 0.6 is 0 Å². The number of carboxylic acids is 1. The molecule has 3 rings (SSSR count). The Labute approximate surface area is 158 Å². The van der Waals surface area contributed by atoms with Gasteiger partial charge in [-0.3, -0.25) is 9.69 Å². The van der Waals surface area contributed by atoms with Gasteiger partial charge >= 0.3 is 12.1 Å². The first-order valence-electron chi connectivity index (χ1n) is 9.27. The van der Waals surface area contributed by atoms with Crippen LogP contribution in [0.5, 0.6) is 0 Å². The van der Waals surface area contributed by atoms with E-state index < -0.39 is 29.7 Å². The molecule has 2 aliphatic heterocycles. The molecule has 0 spiro atoms. The molecule has 0 aliphatic carbocycles. The molecule has 0 saturated carbocycles.